The van der Waals surface area contributed by atoms with E-state index in [0.29, 0.717) is 11.8 Å². The largest absolute Gasteiger partial charge is 0.476 e. The lowest BCUT2D eigenvalue weighted by Crippen LogP contribution is -2.48. The fourth-order valence-electron chi connectivity index (χ4n) is 1.92. The first kappa shape index (κ1) is 13.8. The molecule has 0 spiro atoms. The quantitative estimate of drug-likeness (QED) is 0.875. The van der Waals surface area contributed by atoms with E-state index in [0.717, 1.165) is 11.9 Å². The third-order valence-electron chi connectivity index (χ3n) is 3.23. The summed E-state index contributed by atoms with van der Waals surface area (Å²) in [6, 6.07) is 0.132. The summed E-state index contributed by atoms with van der Waals surface area (Å²) in [6.45, 7) is 4.78. The fraction of sp³-hybridized carbons (Fsp3) is 0.500. The lowest BCUT2D eigenvalue weighted by atomic mass is 10.2. The van der Waals surface area contributed by atoms with Gasteiger partial charge in [-0.1, -0.05) is 6.92 Å². The summed E-state index contributed by atoms with van der Waals surface area (Å²) < 4.78 is 0. The van der Waals surface area contributed by atoms with Gasteiger partial charge in [-0.25, -0.2) is 14.8 Å². The monoisotopic (exact) mass is 281 g/mol. The maximum atomic E-state index is 12.3. The number of rotatable bonds is 2. The molecule has 2 atom stereocenters. The van der Waals surface area contributed by atoms with Crippen molar-refractivity contribution in [3.63, 3.8) is 0 Å². The summed E-state index contributed by atoms with van der Waals surface area (Å²) in [5, 5.41) is 9.12. The van der Waals surface area contributed by atoms with Crippen molar-refractivity contribution < 1.29 is 14.7 Å². The second kappa shape index (κ2) is 5.56. The molecule has 0 aromatic carbocycles. The number of aromatic nitrogens is 2. The van der Waals surface area contributed by atoms with Gasteiger partial charge in [0.25, 0.3) is 5.91 Å². The molecular formula is C12H15N3O3S. The van der Waals surface area contributed by atoms with Crippen LogP contribution in [0.4, 0.5) is 0 Å². The van der Waals surface area contributed by atoms with E-state index in [1.165, 1.54) is 6.20 Å². The molecule has 0 saturated carbocycles. The summed E-state index contributed by atoms with van der Waals surface area (Å²) in [4.78, 5) is 32.4. The number of hydrogen-bond acceptors (Lipinski definition) is 5. The Balaban J connectivity index is 2.17. The van der Waals surface area contributed by atoms with Crippen molar-refractivity contribution >= 4 is 23.6 Å². The van der Waals surface area contributed by atoms with E-state index in [9.17, 15) is 9.59 Å². The Labute approximate surface area is 115 Å². The zero-order valence-electron chi connectivity index (χ0n) is 10.7. The molecule has 2 heterocycles. The van der Waals surface area contributed by atoms with Gasteiger partial charge in [0, 0.05) is 23.6 Å². The van der Waals surface area contributed by atoms with Crippen LogP contribution in [0, 0.1) is 0 Å². The summed E-state index contributed by atoms with van der Waals surface area (Å²) in [5.41, 5.74) is 0.0307. The van der Waals surface area contributed by atoms with Gasteiger partial charge in [0.2, 0.25) is 0 Å². The maximum Gasteiger partial charge on any atom is 0.356 e. The average Bonchev–Trinajstić information content (AvgIpc) is 2.41. The van der Waals surface area contributed by atoms with Gasteiger partial charge in [0.15, 0.2) is 5.69 Å². The third-order valence-corrected chi connectivity index (χ3v) is 4.57. The molecule has 1 fully saturated rings. The highest BCUT2D eigenvalue weighted by molar-refractivity contribution is 8.00. The molecule has 1 amide bonds. The standard InChI is InChI=1S/C12H15N3O3S/c1-7-8(2)19-4-3-15(7)11(16)9-5-14-10(6-13-9)12(17)18/h5-8H,3-4H2,1-2H3,(H,17,18). The first-order valence-electron chi connectivity index (χ1n) is 5.98. The van der Waals surface area contributed by atoms with Crippen molar-refractivity contribution in [2.75, 3.05) is 12.3 Å². The Morgan fingerprint density at radius 2 is 1.95 bits per heavy atom. The van der Waals surface area contributed by atoms with Crippen molar-refractivity contribution in [3.05, 3.63) is 23.8 Å². The Morgan fingerprint density at radius 1 is 1.32 bits per heavy atom. The van der Waals surface area contributed by atoms with Gasteiger partial charge in [-0.2, -0.15) is 11.8 Å². The van der Waals surface area contributed by atoms with E-state index in [4.69, 9.17) is 5.11 Å². The second-order valence-corrected chi connectivity index (χ2v) is 5.89. The van der Waals surface area contributed by atoms with Gasteiger partial charge in [-0.3, -0.25) is 4.79 Å². The third kappa shape index (κ3) is 2.86. The number of amides is 1. The van der Waals surface area contributed by atoms with Crippen LogP contribution < -0.4 is 0 Å². The smallest absolute Gasteiger partial charge is 0.356 e. The molecule has 1 N–H and O–H groups in total. The zero-order chi connectivity index (χ0) is 14.0. The first-order chi connectivity index (χ1) is 9.00. The number of hydrogen-bond donors (Lipinski definition) is 1. The molecule has 2 unspecified atom stereocenters. The average molecular weight is 281 g/mol. The summed E-state index contributed by atoms with van der Waals surface area (Å²) in [5.74, 6) is -0.440. The topological polar surface area (TPSA) is 83.4 Å². The minimum Gasteiger partial charge on any atom is -0.476 e. The number of carboxylic acid groups (broad SMARTS) is 1. The molecule has 0 bridgehead atoms. The van der Waals surface area contributed by atoms with Crippen molar-refractivity contribution in [2.45, 2.75) is 25.1 Å². The zero-order valence-corrected chi connectivity index (χ0v) is 11.6. The Bertz CT molecular complexity index is 491. The minimum atomic E-state index is -1.15. The van der Waals surface area contributed by atoms with Crippen LogP contribution >= 0.6 is 11.8 Å². The van der Waals surface area contributed by atoms with Crippen LogP contribution in [-0.4, -0.2) is 55.4 Å². The minimum absolute atomic E-state index is 0.132. The Kier molecular flexibility index (Phi) is 4.04. The number of carboxylic acids is 1. The van der Waals surface area contributed by atoms with Gasteiger partial charge in [0.1, 0.15) is 5.69 Å². The molecule has 1 aliphatic heterocycles. The predicted octanol–water partition coefficient (Wildman–Crippen LogP) is 1.14. The molecule has 1 aliphatic rings. The SMILES string of the molecule is CC1SCCN(C(=O)c2cnc(C(=O)O)cn2)C1C. The van der Waals surface area contributed by atoms with Crippen molar-refractivity contribution in [2.24, 2.45) is 0 Å². The number of aromatic carboxylic acids is 1. The van der Waals surface area contributed by atoms with E-state index in [1.807, 2.05) is 18.7 Å². The summed E-state index contributed by atoms with van der Waals surface area (Å²) >= 11 is 1.84. The van der Waals surface area contributed by atoms with Crippen LogP contribution in [0.2, 0.25) is 0 Å². The van der Waals surface area contributed by atoms with Gasteiger partial charge in [0.05, 0.1) is 12.4 Å². The molecule has 1 aromatic heterocycles. The van der Waals surface area contributed by atoms with Crippen LogP contribution in [0.25, 0.3) is 0 Å². The molecule has 1 saturated heterocycles. The van der Waals surface area contributed by atoms with E-state index in [-0.39, 0.29) is 23.3 Å². The number of thioether (sulfide) groups is 1. The molecule has 19 heavy (non-hydrogen) atoms. The Hall–Kier alpha value is -1.63. The first-order valence-corrected chi connectivity index (χ1v) is 7.03. The van der Waals surface area contributed by atoms with Crippen LogP contribution in [0.1, 0.15) is 34.8 Å². The molecule has 102 valence electrons. The highest BCUT2D eigenvalue weighted by Crippen LogP contribution is 2.25. The second-order valence-electron chi connectivity index (χ2n) is 4.41. The highest BCUT2D eigenvalue weighted by Gasteiger charge is 2.30. The van der Waals surface area contributed by atoms with Gasteiger partial charge in [-0.05, 0) is 6.92 Å². The predicted molar refractivity (Wildman–Crippen MR) is 71.4 cm³/mol. The molecule has 7 heteroatoms. The van der Waals surface area contributed by atoms with Crippen molar-refractivity contribution in [1.82, 2.24) is 14.9 Å². The van der Waals surface area contributed by atoms with Gasteiger partial charge in [-0.15, -0.1) is 0 Å². The number of carbonyl (C=O) groups is 2. The van der Waals surface area contributed by atoms with Crippen LogP contribution in [0.5, 0.6) is 0 Å². The van der Waals surface area contributed by atoms with E-state index in [1.54, 1.807) is 4.90 Å². The fourth-order valence-corrected chi connectivity index (χ4v) is 3.02. The van der Waals surface area contributed by atoms with Gasteiger partial charge < -0.3 is 10.0 Å². The Morgan fingerprint density at radius 3 is 2.53 bits per heavy atom. The molecule has 1 aromatic rings. The van der Waals surface area contributed by atoms with Crippen molar-refractivity contribution in [3.8, 4) is 0 Å². The van der Waals surface area contributed by atoms with E-state index < -0.39 is 5.97 Å². The highest BCUT2D eigenvalue weighted by atomic mass is 32.2. The summed E-state index contributed by atoms with van der Waals surface area (Å²) in [6.07, 6.45) is 2.34. The van der Waals surface area contributed by atoms with Crippen LogP contribution in [-0.2, 0) is 0 Å². The summed E-state index contributed by atoms with van der Waals surface area (Å²) in [7, 11) is 0. The maximum absolute atomic E-state index is 12.3. The van der Waals surface area contributed by atoms with Crippen molar-refractivity contribution in [1.29, 1.82) is 0 Å². The molecule has 0 aliphatic carbocycles. The lowest BCUT2D eigenvalue weighted by Gasteiger charge is -2.37. The molecule has 2 rings (SSSR count). The van der Waals surface area contributed by atoms with E-state index >= 15 is 0 Å². The number of carbonyl (C=O) groups excluding carboxylic acids is 1. The van der Waals surface area contributed by atoms with Crippen LogP contribution in [0.3, 0.4) is 0 Å². The lowest BCUT2D eigenvalue weighted by molar-refractivity contribution is 0.0673. The molecule has 0 radical (unpaired) electrons. The normalized spacial score (nSPS) is 23.2. The number of nitrogens with zero attached hydrogens (tertiary/aromatic N) is 3. The molecular weight excluding hydrogens is 266 g/mol. The van der Waals surface area contributed by atoms with Crippen LogP contribution in [0.15, 0.2) is 12.4 Å². The molecule has 6 nitrogen and oxygen atoms in total. The van der Waals surface area contributed by atoms with Gasteiger partial charge >= 0.3 is 5.97 Å². The van der Waals surface area contributed by atoms with E-state index in [2.05, 4.69) is 16.9 Å².